The van der Waals surface area contributed by atoms with E-state index in [1.807, 2.05) is 18.7 Å². The van der Waals surface area contributed by atoms with Gasteiger partial charge in [0.1, 0.15) is 0 Å². The van der Waals surface area contributed by atoms with Crippen LogP contribution in [0, 0.1) is 5.41 Å². The normalized spacial score (nSPS) is 29.2. The summed E-state index contributed by atoms with van der Waals surface area (Å²) in [4.78, 5) is 14.7. The van der Waals surface area contributed by atoms with Gasteiger partial charge in [0, 0.05) is 32.8 Å². The Kier molecular flexibility index (Phi) is 4.69. The van der Waals surface area contributed by atoms with E-state index in [1.165, 1.54) is 0 Å². The number of morpholine rings is 1. The smallest absolute Gasteiger partial charge is 0.230 e. The summed E-state index contributed by atoms with van der Waals surface area (Å²) >= 11 is 0. The molecule has 0 spiro atoms. The number of carbonyl (C=O) groups is 1. The van der Waals surface area contributed by atoms with Crippen molar-refractivity contribution in [3.05, 3.63) is 0 Å². The van der Waals surface area contributed by atoms with Crippen molar-refractivity contribution in [1.82, 2.24) is 4.90 Å². The second kappa shape index (κ2) is 5.97. The van der Waals surface area contributed by atoms with Crippen LogP contribution < -0.4 is 5.73 Å². The number of nitrogens with zero attached hydrogens (tertiary/aromatic N) is 1. The molecule has 116 valence electrons. The molecule has 1 amide bonds. The second-order valence-electron chi connectivity index (χ2n) is 6.46. The fraction of sp³-hybridized carbons (Fsp3) is 0.929. The van der Waals surface area contributed by atoms with Crippen LogP contribution in [0.1, 0.15) is 26.7 Å². The lowest BCUT2D eigenvalue weighted by atomic mass is 9.78. The highest BCUT2D eigenvalue weighted by atomic mass is 16.5. The van der Waals surface area contributed by atoms with Gasteiger partial charge in [-0.05, 0) is 26.7 Å². The van der Waals surface area contributed by atoms with E-state index < -0.39 is 11.0 Å². The zero-order chi connectivity index (χ0) is 14.8. The maximum atomic E-state index is 12.9. The number of hydrogen-bond donors (Lipinski definition) is 2. The minimum Gasteiger partial charge on any atom is -0.394 e. The summed E-state index contributed by atoms with van der Waals surface area (Å²) in [6.07, 6.45) is 1.02. The van der Waals surface area contributed by atoms with Gasteiger partial charge in [-0.15, -0.1) is 0 Å². The molecule has 2 aliphatic heterocycles. The molecule has 2 saturated heterocycles. The van der Waals surface area contributed by atoms with Gasteiger partial charge in [-0.1, -0.05) is 0 Å². The molecule has 0 aromatic carbocycles. The molecule has 2 fully saturated rings. The lowest BCUT2D eigenvalue weighted by Gasteiger charge is -2.46. The van der Waals surface area contributed by atoms with Crippen molar-refractivity contribution in [2.75, 3.05) is 39.5 Å². The number of amides is 1. The van der Waals surface area contributed by atoms with Gasteiger partial charge in [-0.2, -0.15) is 0 Å². The quantitative estimate of drug-likeness (QED) is 0.746. The van der Waals surface area contributed by atoms with Gasteiger partial charge < -0.3 is 25.2 Å². The highest BCUT2D eigenvalue weighted by Gasteiger charge is 2.45. The van der Waals surface area contributed by atoms with Gasteiger partial charge in [0.15, 0.2) is 0 Å². The summed E-state index contributed by atoms with van der Waals surface area (Å²) in [7, 11) is 0. The Morgan fingerprint density at radius 2 is 2.05 bits per heavy atom. The van der Waals surface area contributed by atoms with Gasteiger partial charge in [0.05, 0.1) is 23.7 Å². The summed E-state index contributed by atoms with van der Waals surface area (Å²) < 4.78 is 11.1. The Hall–Kier alpha value is -0.690. The fourth-order valence-electron chi connectivity index (χ4n) is 3.15. The number of aliphatic hydroxyl groups excluding tert-OH is 1. The zero-order valence-corrected chi connectivity index (χ0v) is 12.4. The van der Waals surface area contributed by atoms with Gasteiger partial charge in [-0.3, -0.25) is 4.79 Å². The minimum atomic E-state index is -0.508. The van der Waals surface area contributed by atoms with Gasteiger partial charge >= 0.3 is 0 Å². The number of hydrogen-bond acceptors (Lipinski definition) is 5. The monoisotopic (exact) mass is 286 g/mol. The third-order valence-corrected chi connectivity index (χ3v) is 4.27. The first-order valence-electron chi connectivity index (χ1n) is 7.28. The topological polar surface area (TPSA) is 85.0 Å². The van der Waals surface area contributed by atoms with Crippen LogP contribution >= 0.6 is 0 Å². The predicted molar refractivity (Wildman–Crippen MR) is 74.2 cm³/mol. The summed E-state index contributed by atoms with van der Waals surface area (Å²) in [6.45, 7) is 6.28. The predicted octanol–water partition coefficient (Wildman–Crippen LogP) is -0.260. The van der Waals surface area contributed by atoms with Gasteiger partial charge in [0.2, 0.25) is 5.91 Å². The largest absolute Gasteiger partial charge is 0.394 e. The van der Waals surface area contributed by atoms with Crippen molar-refractivity contribution >= 4 is 5.91 Å². The lowest BCUT2D eigenvalue weighted by Crippen LogP contribution is -2.60. The molecular formula is C14H26N2O4. The van der Waals surface area contributed by atoms with E-state index in [0.29, 0.717) is 45.7 Å². The highest BCUT2D eigenvalue weighted by molar-refractivity contribution is 5.83. The van der Waals surface area contributed by atoms with Crippen molar-refractivity contribution in [1.29, 1.82) is 0 Å². The SMILES string of the molecule is CC1(C)CN(C(=O)C2(CN)CCOCC2)CC(CO)O1. The maximum absolute atomic E-state index is 12.9. The van der Waals surface area contributed by atoms with Crippen molar-refractivity contribution in [3.8, 4) is 0 Å². The highest BCUT2D eigenvalue weighted by Crippen LogP contribution is 2.33. The standard InChI is InChI=1S/C14H26N2O4/c1-13(2)10-16(7-11(8-17)20-13)12(18)14(9-15)3-5-19-6-4-14/h11,17H,3-10,15H2,1-2H3. The van der Waals surface area contributed by atoms with Crippen LogP contribution in [0.15, 0.2) is 0 Å². The lowest BCUT2D eigenvalue weighted by molar-refractivity contribution is -0.177. The fourth-order valence-corrected chi connectivity index (χ4v) is 3.15. The first-order valence-corrected chi connectivity index (χ1v) is 7.28. The molecule has 2 rings (SSSR count). The summed E-state index contributed by atoms with van der Waals surface area (Å²) in [5, 5.41) is 9.35. The number of rotatable bonds is 3. The molecule has 0 aromatic rings. The van der Waals surface area contributed by atoms with Crippen molar-refractivity contribution in [2.45, 2.75) is 38.4 Å². The van der Waals surface area contributed by atoms with E-state index in [4.69, 9.17) is 15.2 Å². The second-order valence-corrected chi connectivity index (χ2v) is 6.46. The number of aliphatic hydroxyl groups is 1. The Labute approximate surface area is 120 Å². The number of ether oxygens (including phenoxy) is 2. The van der Waals surface area contributed by atoms with Gasteiger partial charge in [0.25, 0.3) is 0 Å². The Morgan fingerprint density at radius 3 is 2.60 bits per heavy atom. The molecule has 3 N–H and O–H groups in total. The third kappa shape index (κ3) is 3.14. The number of nitrogens with two attached hydrogens (primary N) is 1. The zero-order valence-electron chi connectivity index (χ0n) is 12.4. The van der Waals surface area contributed by atoms with Crippen LogP contribution in [0.25, 0.3) is 0 Å². The van der Waals surface area contributed by atoms with E-state index in [0.717, 1.165) is 0 Å². The van der Waals surface area contributed by atoms with E-state index in [9.17, 15) is 9.90 Å². The first-order chi connectivity index (χ1) is 9.42. The van der Waals surface area contributed by atoms with Crippen LogP contribution in [0.5, 0.6) is 0 Å². The Bertz CT molecular complexity index is 353. The average molecular weight is 286 g/mol. The minimum absolute atomic E-state index is 0.0774. The van der Waals surface area contributed by atoms with E-state index in [2.05, 4.69) is 0 Å². The van der Waals surface area contributed by atoms with E-state index in [1.54, 1.807) is 0 Å². The van der Waals surface area contributed by atoms with Gasteiger partial charge in [-0.25, -0.2) is 0 Å². The molecule has 0 saturated carbocycles. The average Bonchev–Trinajstić information content (AvgIpc) is 2.45. The van der Waals surface area contributed by atoms with Crippen LogP contribution in [-0.2, 0) is 14.3 Å². The van der Waals surface area contributed by atoms with Crippen LogP contribution in [0.3, 0.4) is 0 Å². The Morgan fingerprint density at radius 1 is 1.40 bits per heavy atom. The summed E-state index contributed by atoms with van der Waals surface area (Å²) in [5.74, 6) is 0.0816. The number of carbonyl (C=O) groups excluding carboxylic acids is 1. The molecule has 1 unspecified atom stereocenters. The summed E-state index contributed by atoms with van der Waals surface area (Å²) in [5.41, 5.74) is 4.95. The third-order valence-electron chi connectivity index (χ3n) is 4.27. The molecule has 20 heavy (non-hydrogen) atoms. The molecule has 1 atom stereocenters. The van der Waals surface area contributed by atoms with Crippen LogP contribution in [0.4, 0.5) is 0 Å². The maximum Gasteiger partial charge on any atom is 0.230 e. The van der Waals surface area contributed by atoms with Crippen molar-refractivity contribution < 1.29 is 19.4 Å². The van der Waals surface area contributed by atoms with E-state index in [-0.39, 0.29) is 18.6 Å². The molecule has 6 nitrogen and oxygen atoms in total. The molecule has 0 aromatic heterocycles. The van der Waals surface area contributed by atoms with Crippen LogP contribution in [0.2, 0.25) is 0 Å². The molecule has 0 aliphatic carbocycles. The van der Waals surface area contributed by atoms with Crippen LogP contribution in [-0.4, -0.2) is 67.1 Å². The summed E-state index contributed by atoms with van der Waals surface area (Å²) in [6, 6.07) is 0. The molecule has 2 heterocycles. The molecule has 0 radical (unpaired) electrons. The molecule has 0 bridgehead atoms. The molecule has 6 heteroatoms. The first kappa shape index (κ1) is 15.7. The molecule has 2 aliphatic rings. The van der Waals surface area contributed by atoms with Crippen molar-refractivity contribution in [2.24, 2.45) is 11.1 Å². The van der Waals surface area contributed by atoms with Crippen molar-refractivity contribution in [3.63, 3.8) is 0 Å². The van der Waals surface area contributed by atoms with E-state index >= 15 is 0 Å². The molecular weight excluding hydrogens is 260 g/mol. The Balaban J connectivity index is 2.14.